The number of thiazole rings is 1. The molecule has 1 unspecified atom stereocenters. The number of rotatable bonds is 5. The van der Waals surface area contributed by atoms with Crippen LogP contribution in [0.25, 0.3) is 0 Å². The third-order valence-corrected chi connectivity index (χ3v) is 7.66. The van der Waals surface area contributed by atoms with E-state index >= 15 is 0 Å². The highest BCUT2D eigenvalue weighted by Gasteiger charge is 2.32. The first-order valence-corrected chi connectivity index (χ1v) is 12.6. The molecule has 1 aliphatic heterocycles. The fourth-order valence-electron chi connectivity index (χ4n) is 3.60. The van der Waals surface area contributed by atoms with Crippen molar-refractivity contribution in [2.24, 2.45) is 4.99 Å². The number of benzene rings is 2. The molecule has 0 aliphatic carbocycles. The third-order valence-electron chi connectivity index (χ3n) is 5.26. The molecule has 1 saturated heterocycles. The van der Waals surface area contributed by atoms with Crippen LogP contribution < -0.4 is 4.80 Å². The van der Waals surface area contributed by atoms with Gasteiger partial charge in [-0.1, -0.05) is 48.5 Å². The lowest BCUT2D eigenvalue weighted by Gasteiger charge is -2.32. The average Bonchev–Trinajstić information content (AvgIpc) is 3.18. The molecule has 1 atom stereocenters. The lowest BCUT2D eigenvalue weighted by Crippen LogP contribution is -2.44. The standard InChI is InChI=1S/C22H22FN3O3S2/c23-19-9-5-4-8-18(19)16-26-10-13-30-22(26)24-21(27)20(17-6-2-1-3-7-17)25-11-14-31(28,29)15-12-25/h1-10,13,20H,11-12,14-16H2. The Bertz CT molecular complexity index is 1220. The van der Waals surface area contributed by atoms with Crippen molar-refractivity contribution >= 4 is 27.1 Å². The van der Waals surface area contributed by atoms with Gasteiger partial charge < -0.3 is 4.57 Å². The lowest BCUT2D eigenvalue weighted by atomic mass is 10.0. The molecule has 0 saturated carbocycles. The van der Waals surface area contributed by atoms with E-state index < -0.39 is 15.9 Å². The number of aromatic nitrogens is 1. The van der Waals surface area contributed by atoms with E-state index in [4.69, 9.17) is 0 Å². The molecule has 1 aromatic heterocycles. The van der Waals surface area contributed by atoms with Gasteiger partial charge in [-0.3, -0.25) is 9.69 Å². The molecule has 1 fully saturated rings. The summed E-state index contributed by atoms with van der Waals surface area (Å²) < 4.78 is 39.5. The molecule has 0 radical (unpaired) electrons. The van der Waals surface area contributed by atoms with Gasteiger partial charge >= 0.3 is 0 Å². The second kappa shape index (κ2) is 9.25. The van der Waals surface area contributed by atoms with Gasteiger partial charge in [0.1, 0.15) is 11.9 Å². The van der Waals surface area contributed by atoms with Crippen molar-refractivity contribution in [1.82, 2.24) is 9.47 Å². The number of sulfone groups is 1. The molecular formula is C22H22FN3O3S2. The van der Waals surface area contributed by atoms with Gasteiger partial charge in [-0.15, -0.1) is 11.3 Å². The molecule has 9 heteroatoms. The Morgan fingerprint density at radius 3 is 2.45 bits per heavy atom. The van der Waals surface area contributed by atoms with Crippen LogP contribution in [-0.4, -0.2) is 48.4 Å². The quantitative estimate of drug-likeness (QED) is 0.588. The van der Waals surface area contributed by atoms with E-state index in [1.807, 2.05) is 35.2 Å². The monoisotopic (exact) mass is 459 g/mol. The average molecular weight is 460 g/mol. The molecule has 1 amide bonds. The van der Waals surface area contributed by atoms with Gasteiger partial charge in [-0.2, -0.15) is 4.99 Å². The maximum Gasteiger partial charge on any atom is 0.270 e. The Hall–Kier alpha value is -2.62. The highest BCUT2D eigenvalue weighted by atomic mass is 32.2. The number of carbonyl (C=O) groups is 1. The predicted octanol–water partition coefficient (Wildman–Crippen LogP) is 2.64. The van der Waals surface area contributed by atoms with E-state index in [1.54, 1.807) is 34.3 Å². The Labute approximate surface area is 184 Å². The summed E-state index contributed by atoms with van der Waals surface area (Å²) in [6.45, 7) is 0.825. The highest BCUT2D eigenvalue weighted by molar-refractivity contribution is 7.91. The number of hydrogen-bond acceptors (Lipinski definition) is 5. The van der Waals surface area contributed by atoms with Crippen LogP contribution in [0.4, 0.5) is 4.39 Å². The lowest BCUT2D eigenvalue weighted by molar-refractivity contribution is -0.123. The predicted molar refractivity (Wildman–Crippen MR) is 118 cm³/mol. The summed E-state index contributed by atoms with van der Waals surface area (Å²) >= 11 is 1.30. The van der Waals surface area contributed by atoms with Gasteiger partial charge in [0.15, 0.2) is 14.6 Å². The minimum Gasteiger partial charge on any atom is -0.319 e. The molecule has 1 aliphatic rings. The largest absolute Gasteiger partial charge is 0.319 e. The smallest absolute Gasteiger partial charge is 0.270 e. The van der Waals surface area contributed by atoms with E-state index in [1.165, 1.54) is 17.4 Å². The number of hydrogen-bond donors (Lipinski definition) is 0. The van der Waals surface area contributed by atoms with Crippen molar-refractivity contribution in [2.45, 2.75) is 12.6 Å². The minimum atomic E-state index is -3.07. The minimum absolute atomic E-state index is 0.0237. The summed E-state index contributed by atoms with van der Waals surface area (Å²) in [5, 5.41) is 1.80. The third kappa shape index (κ3) is 5.17. The van der Waals surface area contributed by atoms with Gasteiger partial charge in [0.25, 0.3) is 5.91 Å². The van der Waals surface area contributed by atoms with Gasteiger partial charge in [0, 0.05) is 30.2 Å². The summed E-state index contributed by atoms with van der Waals surface area (Å²) in [5.41, 5.74) is 1.28. The summed E-state index contributed by atoms with van der Waals surface area (Å²) in [4.78, 5) is 20.0. The summed E-state index contributed by atoms with van der Waals surface area (Å²) in [6.07, 6.45) is 1.77. The molecule has 0 N–H and O–H groups in total. The second-order valence-electron chi connectivity index (χ2n) is 7.36. The molecule has 0 bridgehead atoms. The normalized spacial score (nSPS) is 18.0. The van der Waals surface area contributed by atoms with Gasteiger partial charge in [0.05, 0.1) is 18.1 Å². The van der Waals surface area contributed by atoms with E-state index in [0.29, 0.717) is 10.4 Å². The van der Waals surface area contributed by atoms with Crippen LogP contribution in [0.15, 0.2) is 71.2 Å². The maximum absolute atomic E-state index is 14.1. The van der Waals surface area contributed by atoms with E-state index in [9.17, 15) is 17.6 Å². The fourth-order valence-corrected chi connectivity index (χ4v) is 5.56. The van der Waals surface area contributed by atoms with Crippen molar-refractivity contribution in [3.05, 3.63) is 87.9 Å². The summed E-state index contributed by atoms with van der Waals surface area (Å²) in [5.74, 6) is -0.628. The van der Waals surface area contributed by atoms with Gasteiger partial charge in [0.2, 0.25) is 0 Å². The van der Waals surface area contributed by atoms with E-state index in [2.05, 4.69) is 4.99 Å². The summed E-state index contributed by atoms with van der Waals surface area (Å²) in [6, 6.07) is 15.1. The molecule has 4 rings (SSSR count). The van der Waals surface area contributed by atoms with Crippen LogP contribution in [0.5, 0.6) is 0 Å². The molecule has 0 spiro atoms. The first-order chi connectivity index (χ1) is 14.9. The van der Waals surface area contributed by atoms with E-state index in [0.717, 1.165) is 5.56 Å². The van der Waals surface area contributed by atoms with Crippen molar-refractivity contribution in [3.8, 4) is 0 Å². The molecule has 31 heavy (non-hydrogen) atoms. The first-order valence-electron chi connectivity index (χ1n) is 9.88. The zero-order valence-electron chi connectivity index (χ0n) is 16.7. The van der Waals surface area contributed by atoms with Crippen molar-refractivity contribution in [1.29, 1.82) is 0 Å². The molecule has 6 nitrogen and oxygen atoms in total. The van der Waals surface area contributed by atoms with Crippen molar-refractivity contribution in [2.75, 3.05) is 24.6 Å². The zero-order valence-corrected chi connectivity index (χ0v) is 18.4. The number of carbonyl (C=O) groups excluding carboxylic acids is 1. The maximum atomic E-state index is 14.1. The van der Waals surface area contributed by atoms with Crippen LogP contribution in [0.3, 0.4) is 0 Å². The molecule has 162 valence electrons. The molecular weight excluding hydrogens is 437 g/mol. The molecule has 3 aromatic rings. The summed E-state index contributed by atoms with van der Waals surface area (Å²) in [7, 11) is -3.07. The fraction of sp³-hybridized carbons (Fsp3) is 0.273. The number of amides is 1. The Kier molecular flexibility index (Phi) is 6.45. The number of halogens is 1. The first kappa shape index (κ1) is 21.6. The second-order valence-corrected chi connectivity index (χ2v) is 10.5. The van der Waals surface area contributed by atoms with E-state index in [-0.39, 0.29) is 42.9 Å². The van der Waals surface area contributed by atoms with Crippen LogP contribution >= 0.6 is 11.3 Å². The number of nitrogens with zero attached hydrogens (tertiary/aromatic N) is 3. The van der Waals surface area contributed by atoms with Crippen LogP contribution in [0, 0.1) is 5.82 Å². The Balaban J connectivity index is 1.65. The SMILES string of the molecule is O=C(N=c1sccn1Cc1ccccc1F)C(c1ccccc1)N1CCS(=O)(=O)CC1. The van der Waals surface area contributed by atoms with Crippen molar-refractivity contribution < 1.29 is 17.6 Å². The highest BCUT2D eigenvalue weighted by Crippen LogP contribution is 2.24. The van der Waals surface area contributed by atoms with Crippen LogP contribution in [0.1, 0.15) is 17.2 Å². The van der Waals surface area contributed by atoms with Gasteiger partial charge in [-0.05, 0) is 11.6 Å². The topological polar surface area (TPSA) is 71.7 Å². The van der Waals surface area contributed by atoms with Crippen LogP contribution in [-0.2, 0) is 21.2 Å². The Morgan fingerprint density at radius 2 is 1.74 bits per heavy atom. The molecule has 2 heterocycles. The zero-order chi connectivity index (χ0) is 21.8. The molecule has 2 aromatic carbocycles. The van der Waals surface area contributed by atoms with Gasteiger partial charge in [-0.25, -0.2) is 12.8 Å². The Morgan fingerprint density at radius 1 is 1.06 bits per heavy atom. The van der Waals surface area contributed by atoms with Crippen molar-refractivity contribution in [3.63, 3.8) is 0 Å². The van der Waals surface area contributed by atoms with Crippen LogP contribution in [0.2, 0.25) is 0 Å².